The molecule has 5 heteroatoms. The summed E-state index contributed by atoms with van der Waals surface area (Å²) in [4.78, 5) is 22.1. The molecule has 1 atom stereocenters. The van der Waals surface area contributed by atoms with Gasteiger partial charge in [-0.05, 0) is 18.4 Å². The minimum Gasteiger partial charge on any atom is -0.370 e. The zero-order chi connectivity index (χ0) is 13.4. The van der Waals surface area contributed by atoms with E-state index in [0.717, 1.165) is 5.56 Å². The van der Waals surface area contributed by atoms with Crippen LogP contribution in [0.15, 0.2) is 30.3 Å². The van der Waals surface area contributed by atoms with Gasteiger partial charge >= 0.3 is 0 Å². The van der Waals surface area contributed by atoms with Crippen LogP contribution in [0, 0.1) is 0 Å². The lowest BCUT2D eigenvalue weighted by molar-refractivity contribution is -0.123. The Morgan fingerprint density at radius 3 is 2.50 bits per heavy atom. The molecule has 1 rings (SSSR count). The smallest absolute Gasteiger partial charge is 0.237 e. The SMILES string of the molecule is NC(=O)CCCNC(=O)[C@@H](N)Cc1ccccc1. The van der Waals surface area contributed by atoms with Gasteiger partial charge < -0.3 is 16.8 Å². The van der Waals surface area contributed by atoms with Gasteiger partial charge in [-0.2, -0.15) is 0 Å². The minimum atomic E-state index is -0.569. The molecule has 0 heterocycles. The van der Waals surface area contributed by atoms with E-state index >= 15 is 0 Å². The molecule has 0 fully saturated rings. The van der Waals surface area contributed by atoms with Crippen LogP contribution in [0.4, 0.5) is 0 Å². The summed E-state index contributed by atoms with van der Waals surface area (Å²) in [6.07, 6.45) is 1.32. The molecule has 5 nitrogen and oxygen atoms in total. The van der Waals surface area contributed by atoms with Crippen LogP contribution in [0.3, 0.4) is 0 Å². The summed E-state index contributed by atoms with van der Waals surface area (Å²) in [5.41, 5.74) is 11.8. The lowest BCUT2D eigenvalue weighted by Gasteiger charge is -2.12. The number of nitrogens with two attached hydrogens (primary N) is 2. The van der Waals surface area contributed by atoms with Crippen LogP contribution in [0.2, 0.25) is 0 Å². The number of amides is 2. The maximum atomic E-state index is 11.6. The molecule has 18 heavy (non-hydrogen) atoms. The molecule has 0 unspecified atom stereocenters. The Morgan fingerprint density at radius 1 is 1.22 bits per heavy atom. The van der Waals surface area contributed by atoms with Gasteiger partial charge in [-0.25, -0.2) is 0 Å². The maximum absolute atomic E-state index is 11.6. The van der Waals surface area contributed by atoms with Crippen molar-refractivity contribution in [3.8, 4) is 0 Å². The van der Waals surface area contributed by atoms with Crippen LogP contribution in [0.1, 0.15) is 18.4 Å². The summed E-state index contributed by atoms with van der Waals surface area (Å²) in [6, 6.07) is 9.03. The fourth-order valence-electron chi connectivity index (χ4n) is 1.57. The van der Waals surface area contributed by atoms with Crippen molar-refractivity contribution in [1.82, 2.24) is 5.32 Å². The summed E-state index contributed by atoms with van der Waals surface area (Å²) in [5.74, 6) is -0.568. The molecule has 1 aromatic rings. The Balaban J connectivity index is 2.27. The molecule has 98 valence electrons. The molecule has 5 N–H and O–H groups in total. The van der Waals surface area contributed by atoms with E-state index in [2.05, 4.69) is 5.32 Å². The van der Waals surface area contributed by atoms with Crippen molar-refractivity contribution in [2.75, 3.05) is 6.54 Å². The van der Waals surface area contributed by atoms with Gasteiger partial charge in [0.1, 0.15) is 0 Å². The van der Waals surface area contributed by atoms with E-state index in [4.69, 9.17) is 11.5 Å². The quantitative estimate of drug-likeness (QED) is 0.590. The topological polar surface area (TPSA) is 98.2 Å². The third kappa shape index (κ3) is 5.45. The third-order valence-corrected chi connectivity index (χ3v) is 2.53. The summed E-state index contributed by atoms with van der Waals surface area (Å²) >= 11 is 0. The summed E-state index contributed by atoms with van der Waals surface area (Å²) in [7, 11) is 0. The van der Waals surface area contributed by atoms with E-state index in [1.807, 2.05) is 30.3 Å². The molecule has 0 saturated carbocycles. The number of carbonyl (C=O) groups is 2. The molecular formula is C13H19N3O2. The fraction of sp³-hybridized carbons (Fsp3) is 0.385. The zero-order valence-corrected chi connectivity index (χ0v) is 10.3. The molecule has 0 aliphatic carbocycles. The minimum absolute atomic E-state index is 0.205. The number of rotatable bonds is 7. The predicted molar refractivity (Wildman–Crippen MR) is 69.6 cm³/mol. The molecule has 0 radical (unpaired) electrons. The van der Waals surface area contributed by atoms with Crippen molar-refractivity contribution in [3.63, 3.8) is 0 Å². The molecule has 0 spiro atoms. The van der Waals surface area contributed by atoms with Crippen molar-refractivity contribution in [1.29, 1.82) is 0 Å². The standard InChI is InChI=1S/C13H19N3O2/c14-11(9-10-5-2-1-3-6-10)13(18)16-8-4-7-12(15)17/h1-3,5-6,11H,4,7-9,14H2,(H2,15,17)(H,16,18)/t11-/m0/s1. The first-order valence-corrected chi connectivity index (χ1v) is 5.95. The summed E-state index contributed by atoms with van der Waals surface area (Å²) in [6.45, 7) is 0.421. The molecule has 2 amide bonds. The molecule has 0 bridgehead atoms. The average Bonchev–Trinajstić information content (AvgIpc) is 2.35. The Hall–Kier alpha value is -1.88. The molecular weight excluding hydrogens is 230 g/mol. The van der Waals surface area contributed by atoms with E-state index in [-0.39, 0.29) is 18.2 Å². The Kier molecular flexibility index (Phi) is 5.87. The van der Waals surface area contributed by atoms with Crippen LogP contribution >= 0.6 is 0 Å². The molecule has 0 aromatic heterocycles. The lowest BCUT2D eigenvalue weighted by Crippen LogP contribution is -2.42. The van der Waals surface area contributed by atoms with Gasteiger partial charge in [-0.1, -0.05) is 30.3 Å². The molecule has 0 aliphatic rings. The van der Waals surface area contributed by atoms with Gasteiger partial charge in [0, 0.05) is 13.0 Å². The van der Waals surface area contributed by atoms with Crippen molar-refractivity contribution in [3.05, 3.63) is 35.9 Å². The normalized spacial score (nSPS) is 11.8. The van der Waals surface area contributed by atoms with Crippen LogP contribution in [-0.4, -0.2) is 24.4 Å². The van der Waals surface area contributed by atoms with Gasteiger partial charge in [0.25, 0.3) is 0 Å². The van der Waals surface area contributed by atoms with Crippen LogP contribution in [-0.2, 0) is 16.0 Å². The van der Waals surface area contributed by atoms with Crippen LogP contribution in [0.25, 0.3) is 0 Å². The Morgan fingerprint density at radius 2 is 1.89 bits per heavy atom. The number of hydrogen-bond donors (Lipinski definition) is 3. The lowest BCUT2D eigenvalue weighted by atomic mass is 10.1. The molecule has 0 saturated heterocycles. The largest absolute Gasteiger partial charge is 0.370 e. The first-order chi connectivity index (χ1) is 8.59. The first kappa shape index (κ1) is 14.2. The third-order valence-electron chi connectivity index (χ3n) is 2.53. The fourth-order valence-corrected chi connectivity index (χ4v) is 1.57. The second-order valence-electron chi connectivity index (χ2n) is 4.16. The highest BCUT2D eigenvalue weighted by molar-refractivity contribution is 5.81. The van der Waals surface area contributed by atoms with Gasteiger partial charge in [0.05, 0.1) is 6.04 Å². The monoisotopic (exact) mass is 249 g/mol. The van der Waals surface area contributed by atoms with Gasteiger partial charge in [0.2, 0.25) is 11.8 Å². The number of nitrogens with one attached hydrogen (secondary N) is 1. The van der Waals surface area contributed by atoms with Crippen molar-refractivity contribution in [2.24, 2.45) is 11.5 Å². The van der Waals surface area contributed by atoms with Crippen molar-refractivity contribution in [2.45, 2.75) is 25.3 Å². The first-order valence-electron chi connectivity index (χ1n) is 5.95. The van der Waals surface area contributed by atoms with Crippen LogP contribution < -0.4 is 16.8 Å². The van der Waals surface area contributed by atoms with E-state index in [1.54, 1.807) is 0 Å². The summed E-state index contributed by atoms with van der Waals surface area (Å²) < 4.78 is 0. The summed E-state index contributed by atoms with van der Waals surface area (Å²) in [5, 5.41) is 2.69. The van der Waals surface area contributed by atoms with E-state index in [0.29, 0.717) is 19.4 Å². The number of benzene rings is 1. The van der Waals surface area contributed by atoms with Crippen molar-refractivity contribution >= 4 is 11.8 Å². The Labute approximate surface area is 107 Å². The number of carbonyl (C=O) groups excluding carboxylic acids is 2. The predicted octanol–water partition coefficient (Wildman–Crippen LogP) is -0.0619. The number of hydrogen-bond acceptors (Lipinski definition) is 3. The second kappa shape index (κ2) is 7.45. The average molecular weight is 249 g/mol. The van der Waals surface area contributed by atoms with Gasteiger partial charge in [-0.15, -0.1) is 0 Å². The van der Waals surface area contributed by atoms with Gasteiger partial charge in [-0.3, -0.25) is 9.59 Å². The van der Waals surface area contributed by atoms with Crippen LogP contribution in [0.5, 0.6) is 0 Å². The van der Waals surface area contributed by atoms with E-state index < -0.39 is 6.04 Å². The number of primary amides is 1. The highest BCUT2D eigenvalue weighted by atomic mass is 16.2. The highest BCUT2D eigenvalue weighted by Crippen LogP contribution is 2.01. The Bertz CT molecular complexity index is 392. The molecule has 1 aromatic carbocycles. The van der Waals surface area contributed by atoms with Crippen molar-refractivity contribution < 1.29 is 9.59 Å². The van der Waals surface area contributed by atoms with Gasteiger partial charge in [0.15, 0.2) is 0 Å². The zero-order valence-electron chi connectivity index (χ0n) is 10.3. The molecule has 0 aliphatic heterocycles. The van der Waals surface area contributed by atoms with E-state index in [1.165, 1.54) is 0 Å². The second-order valence-corrected chi connectivity index (χ2v) is 4.16. The highest BCUT2D eigenvalue weighted by Gasteiger charge is 2.13. The van der Waals surface area contributed by atoms with E-state index in [9.17, 15) is 9.59 Å². The maximum Gasteiger partial charge on any atom is 0.237 e.